The number of nitrogens with zero attached hydrogens (tertiary/aromatic N) is 1. The zero-order valence-electron chi connectivity index (χ0n) is 9.03. The van der Waals surface area contributed by atoms with E-state index in [1.54, 1.807) is 18.2 Å². The van der Waals surface area contributed by atoms with Gasteiger partial charge in [0, 0.05) is 12.0 Å². The van der Waals surface area contributed by atoms with Crippen molar-refractivity contribution >= 4 is 11.1 Å². The lowest BCUT2D eigenvalue weighted by Gasteiger charge is -2.05. The molecule has 0 aliphatic heterocycles. The highest BCUT2D eigenvalue weighted by atomic mass is 16.3. The van der Waals surface area contributed by atoms with Gasteiger partial charge in [-0.1, -0.05) is 13.8 Å². The summed E-state index contributed by atoms with van der Waals surface area (Å²) in [5.74, 6) is 1.38. The molecule has 15 heavy (non-hydrogen) atoms. The Balaban J connectivity index is 2.46. The average Bonchev–Trinajstić information content (AvgIpc) is 2.62. The van der Waals surface area contributed by atoms with E-state index in [4.69, 9.17) is 4.42 Å². The zero-order valence-corrected chi connectivity index (χ0v) is 9.03. The second-order valence-electron chi connectivity index (χ2n) is 3.72. The molecule has 0 radical (unpaired) electrons. The Kier molecular flexibility index (Phi) is 2.62. The molecule has 0 spiro atoms. The van der Waals surface area contributed by atoms with Crippen molar-refractivity contribution in [3.63, 3.8) is 0 Å². The van der Waals surface area contributed by atoms with Crippen LogP contribution in [-0.4, -0.2) is 10.1 Å². The van der Waals surface area contributed by atoms with Crippen molar-refractivity contribution < 1.29 is 9.52 Å². The van der Waals surface area contributed by atoms with Gasteiger partial charge in [-0.05, 0) is 25.0 Å². The Morgan fingerprint density at radius 2 is 2.07 bits per heavy atom. The van der Waals surface area contributed by atoms with E-state index in [2.05, 4.69) is 18.8 Å². The fourth-order valence-electron chi connectivity index (χ4n) is 1.75. The Morgan fingerprint density at radius 1 is 1.33 bits per heavy atom. The Bertz CT molecular complexity index is 458. The first kappa shape index (κ1) is 10.0. The Morgan fingerprint density at radius 3 is 2.73 bits per heavy atom. The molecule has 0 fully saturated rings. The molecular formula is C12H15NO2. The van der Waals surface area contributed by atoms with Gasteiger partial charge in [0.2, 0.25) is 0 Å². The van der Waals surface area contributed by atoms with Gasteiger partial charge in [-0.15, -0.1) is 0 Å². The van der Waals surface area contributed by atoms with Crippen LogP contribution in [0.3, 0.4) is 0 Å². The van der Waals surface area contributed by atoms with Crippen molar-refractivity contribution in [2.45, 2.75) is 32.6 Å². The zero-order chi connectivity index (χ0) is 10.8. The molecular weight excluding hydrogens is 190 g/mol. The van der Waals surface area contributed by atoms with Crippen LogP contribution in [0.2, 0.25) is 0 Å². The SMILES string of the molecule is CCC(CC)c1nc2cc(O)ccc2o1. The summed E-state index contributed by atoms with van der Waals surface area (Å²) in [7, 11) is 0. The number of phenolic OH excluding ortho intramolecular Hbond substituents is 1. The first-order valence-electron chi connectivity index (χ1n) is 5.34. The summed E-state index contributed by atoms with van der Waals surface area (Å²) in [6, 6.07) is 5.00. The molecule has 0 saturated heterocycles. The van der Waals surface area contributed by atoms with Crippen LogP contribution in [0.25, 0.3) is 11.1 Å². The fraction of sp³-hybridized carbons (Fsp3) is 0.417. The molecule has 1 heterocycles. The van der Waals surface area contributed by atoms with E-state index < -0.39 is 0 Å². The quantitative estimate of drug-likeness (QED) is 0.834. The Labute approximate surface area is 88.7 Å². The van der Waals surface area contributed by atoms with Crippen LogP contribution < -0.4 is 0 Å². The number of hydrogen-bond donors (Lipinski definition) is 1. The summed E-state index contributed by atoms with van der Waals surface area (Å²) in [6.07, 6.45) is 2.05. The number of phenols is 1. The summed E-state index contributed by atoms with van der Waals surface area (Å²) < 4.78 is 5.64. The normalized spacial score (nSPS) is 11.4. The van der Waals surface area contributed by atoms with Crippen molar-refractivity contribution in [3.05, 3.63) is 24.1 Å². The van der Waals surface area contributed by atoms with E-state index in [0.717, 1.165) is 29.8 Å². The highest BCUT2D eigenvalue weighted by Crippen LogP contribution is 2.27. The molecule has 0 aliphatic rings. The van der Waals surface area contributed by atoms with E-state index in [9.17, 15) is 5.11 Å². The molecule has 0 saturated carbocycles. The van der Waals surface area contributed by atoms with Gasteiger partial charge in [0.25, 0.3) is 0 Å². The molecule has 0 aliphatic carbocycles. The molecule has 80 valence electrons. The molecule has 3 nitrogen and oxygen atoms in total. The molecule has 2 aromatic rings. The molecule has 1 aromatic heterocycles. The molecule has 0 bridgehead atoms. The first-order chi connectivity index (χ1) is 7.24. The van der Waals surface area contributed by atoms with Crippen molar-refractivity contribution in [3.8, 4) is 5.75 Å². The smallest absolute Gasteiger partial charge is 0.198 e. The predicted molar refractivity (Wildman–Crippen MR) is 59.0 cm³/mol. The third kappa shape index (κ3) is 1.82. The molecule has 1 N–H and O–H groups in total. The topological polar surface area (TPSA) is 46.3 Å². The fourth-order valence-corrected chi connectivity index (χ4v) is 1.75. The van der Waals surface area contributed by atoms with Crippen molar-refractivity contribution in [2.24, 2.45) is 0 Å². The van der Waals surface area contributed by atoms with Crippen molar-refractivity contribution in [1.82, 2.24) is 4.98 Å². The summed E-state index contributed by atoms with van der Waals surface area (Å²) in [5, 5.41) is 9.31. The summed E-state index contributed by atoms with van der Waals surface area (Å²) in [4.78, 5) is 4.39. The standard InChI is InChI=1S/C12H15NO2/c1-3-8(4-2)12-13-10-7-9(14)5-6-11(10)15-12/h5-8,14H,3-4H2,1-2H3. The van der Waals surface area contributed by atoms with Crippen LogP contribution in [0, 0.1) is 0 Å². The van der Waals surface area contributed by atoms with Crippen LogP contribution in [-0.2, 0) is 0 Å². The van der Waals surface area contributed by atoms with Gasteiger partial charge < -0.3 is 9.52 Å². The van der Waals surface area contributed by atoms with Crippen molar-refractivity contribution in [1.29, 1.82) is 0 Å². The third-order valence-corrected chi connectivity index (χ3v) is 2.72. The maximum atomic E-state index is 9.31. The van der Waals surface area contributed by atoms with Gasteiger partial charge in [-0.2, -0.15) is 0 Å². The van der Waals surface area contributed by atoms with Gasteiger partial charge in [-0.3, -0.25) is 0 Å². The first-order valence-corrected chi connectivity index (χ1v) is 5.34. The van der Waals surface area contributed by atoms with Crippen LogP contribution in [0.15, 0.2) is 22.6 Å². The van der Waals surface area contributed by atoms with Crippen LogP contribution >= 0.6 is 0 Å². The van der Waals surface area contributed by atoms with E-state index in [0.29, 0.717) is 5.92 Å². The lowest BCUT2D eigenvalue weighted by atomic mass is 10.0. The molecule has 1 aromatic carbocycles. The Hall–Kier alpha value is -1.51. The number of benzene rings is 1. The van der Waals surface area contributed by atoms with Crippen LogP contribution in [0.4, 0.5) is 0 Å². The lowest BCUT2D eigenvalue weighted by molar-refractivity contribution is 0.453. The molecule has 3 heteroatoms. The molecule has 0 amide bonds. The maximum Gasteiger partial charge on any atom is 0.198 e. The minimum absolute atomic E-state index is 0.229. The van der Waals surface area contributed by atoms with Crippen LogP contribution in [0.5, 0.6) is 5.75 Å². The summed E-state index contributed by atoms with van der Waals surface area (Å²) >= 11 is 0. The minimum Gasteiger partial charge on any atom is -0.508 e. The summed E-state index contributed by atoms with van der Waals surface area (Å²) in [6.45, 7) is 4.25. The minimum atomic E-state index is 0.229. The van der Waals surface area contributed by atoms with Gasteiger partial charge in [-0.25, -0.2) is 4.98 Å². The van der Waals surface area contributed by atoms with Gasteiger partial charge in [0.1, 0.15) is 11.3 Å². The van der Waals surface area contributed by atoms with Gasteiger partial charge in [0.15, 0.2) is 11.5 Å². The average molecular weight is 205 g/mol. The largest absolute Gasteiger partial charge is 0.508 e. The number of fused-ring (bicyclic) bond motifs is 1. The molecule has 2 rings (SSSR count). The maximum absolute atomic E-state index is 9.31. The predicted octanol–water partition coefficient (Wildman–Crippen LogP) is 3.44. The van der Waals surface area contributed by atoms with Crippen molar-refractivity contribution in [2.75, 3.05) is 0 Å². The van der Waals surface area contributed by atoms with E-state index >= 15 is 0 Å². The van der Waals surface area contributed by atoms with E-state index in [1.807, 2.05) is 0 Å². The van der Waals surface area contributed by atoms with Gasteiger partial charge in [0.05, 0.1) is 0 Å². The number of rotatable bonds is 3. The third-order valence-electron chi connectivity index (χ3n) is 2.72. The number of aromatic nitrogens is 1. The number of hydrogen-bond acceptors (Lipinski definition) is 3. The second-order valence-corrected chi connectivity index (χ2v) is 3.72. The monoisotopic (exact) mass is 205 g/mol. The molecule has 0 atom stereocenters. The highest BCUT2D eigenvalue weighted by Gasteiger charge is 2.14. The van der Waals surface area contributed by atoms with E-state index in [1.165, 1.54) is 0 Å². The van der Waals surface area contributed by atoms with E-state index in [-0.39, 0.29) is 5.75 Å². The van der Waals surface area contributed by atoms with Gasteiger partial charge >= 0.3 is 0 Å². The summed E-state index contributed by atoms with van der Waals surface area (Å²) in [5.41, 5.74) is 1.48. The number of aromatic hydroxyl groups is 1. The number of oxazole rings is 1. The van der Waals surface area contributed by atoms with Crippen LogP contribution in [0.1, 0.15) is 38.5 Å². The molecule has 0 unspecified atom stereocenters. The highest BCUT2D eigenvalue weighted by molar-refractivity contribution is 5.74. The second kappa shape index (κ2) is 3.93. The lowest BCUT2D eigenvalue weighted by Crippen LogP contribution is -1.94.